The molecule has 1 amide bonds. The lowest BCUT2D eigenvalue weighted by Gasteiger charge is -2.18. The first-order valence-corrected chi connectivity index (χ1v) is 11.1. The lowest BCUT2D eigenvalue weighted by molar-refractivity contribution is -0.127. The van der Waals surface area contributed by atoms with Crippen LogP contribution in [0.15, 0.2) is 59.8 Å². The fourth-order valence-electron chi connectivity index (χ4n) is 3.28. The zero-order valence-corrected chi connectivity index (χ0v) is 18.2. The third-order valence-corrected chi connectivity index (χ3v) is 5.79. The minimum atomic E-state index is 0.129. The Morgan fingerprint density at radius 3 is 2.45 bits per heavy atom. The molecule has 0 spiro atoms. The van der Waals surface area contributed by atoms with E-state index in [1.165, 1.54) is 22.9 Å². The van der Waals surface area contributed by atoms with Gasteiger partial charge < -0.3 is 4.90 Å². The Bertz CT molecular complexity index is 935. The number of thioether (sulfide) groups is 1. The second-order valence-corrected chi connectivity index (χ2v) is 7.86. The second-order valence-electron chi connectivity index (χ2n) is 6.91. The number of carbonyl (C=O) groups is 1. The molecule has 0 bridgehead atoms. The molecule has 29 heavy (non-hydrogen) atoms. The Labute approximate surface area is 177 Å². The van der Waals surface area contributed by atoms with E-state index >= 15 is 0 Å². The van der Waals surface area contributed by atoms with Crippen LogP contribution in [0, 0.1) is 6.92 Å². The molecule has 2 aromatic carbocycles. The summed E-state index contributed by atoms with van der Waals surface area (Å²) in [6, 6.07) is 18.7. The molecule has 3 aromatic rings. The molecule has 0 saturated heterocycles. The van der Waals surface area contributed by atoms with Crippen LogP contribution in [0.4, 0.5) is 0 Å². The molecule has 0 radical (unpaired) electrons. The van der Waals surface area contributed by atoms with Gasteiger partial charge in [-0.3, -0.25) is 9.36 Å². The maximum atomic E-state index is 12.4. The quantitative estimate of drug-likeness (QED) is 0.495. The van der Waals surface area contributed by atoms with Gasteiger partial charge in [-0.25, -0.2) is 0 Å². The van der Waals surface area contributed by atoms with Crippen LogP contribution in [0.2, 0.25) is 0 Å². The zero-order valence-electron chi connectivity index (χ0n) is 17.3. The molecule has 1 aromatic heterocycles. The Hall–Kier alpha value is -2.60. The van der Waals surface area contributed by atoms with Crippen molar-refractivity contribution in [2.24, 2.45) is 0 Å². The summed E-state index contributed by atoms with van der Waals surface area (Å²) in [5.41, 5.74) is 3.49. The summed E-state index contributed by atoms with van der Waals surface area (Å²) < 4.78 is 2.09. The molecule has 0 atom stereocenters. The number of rotatable bonds is 9. The maximum Gasteiger partial charge on any atom is 0.233 e. The van der Waals surface area contributed by atoms with Crippen molar-refractivity contribution in [1.82, 2.24) is 19.7 Å². The molecule has 0 saturated carbocycles. The molecule has 5 nitrogen and oxygen atoms in total. The number of hydrogen-bond acceptors (Lipinski definition) is 4. The molecule has 0 aliphatic carbocycles. The highest BCUT2D eigenvalue weighted by Crippen LogP contribution is 2.24. The molecule has 0 aliphatic heterocycles. The SMILES string of the molecule is CCN(CC)C(=O)CSc1nnc(CCc2ccccc2)n1-c1cccc(C)c1. The van der Waals surface area contributed by atoms with Crippen LogP contribution in [0.25, 0.3) is 5.69 Å². The summed E-state index contributed by atoms with van der Waals surface area (Å²) in [6.07, 6.45) is 1.68. The highest BCUT2D eigenvalue weighted by atomic mass is 32.2. The van der Waals surface area contributed by atoms with Crippen molar-refractivity contribution in [3.05, 3.63) is 71.5 Å². The summed E-state index contributed by atoms with van der Waals surface area (Å²) >= 11 is 1.46. The summed E-state index contributed by atoms with van der Waals surface area (Å²) in [4.78, 5) is 14.3. The number of carbonyl (C=O) groups excluding carboxylic acids is 1. The van der Waals surface area contributed by atoms with Crippen LogP contribution in [0.1, 0.15) is 30.8 Å². The van der Waals surface area contributed by atoms with Crippen LogP contribution in [-0.2, 0) is 17.6 Å². The second kappa shape index (κ2) is 10.3. The van der Waals surface area contributed by atoms with E-state index in [9.17, 15) is 4.79 Å². The molecule has 0 N–H and O–H groups in total. The van der Waals surface area contributed by atoms with Crippen molar-refractivity contribution in [1.29, 1.82) is 0 Å². The number of nitrogens with zero attached hydrogens (tertiary/aromatic N) is 4. The average Bonchev–Trinajstić information content (AvgIpc) is 3.15. The third kappa shape index (κ3) is 5.48. The van der Waals surface area contributed by atoms with Gasteiger partial charge in [-0.15, -0.1) is 10.2 Å². The summed E-state index contributed by atoms with van der Waals surface area (Å²) in [5.74, 6) is 1.41. The van der Waals surface area contributed by atoms with Crippen LogP contribution in [0.3, 0.4) is 0 Å². The van der Waals surface area contributed by atoms with Crippen LogP contribution < -0.4 is 0 Å². The van der Waals surface area contributed by atoms with E-state index in [1.807, 2.05) is 30.9 Å². The van der Waals surface area contributed by atoms with Crippen LogP contribution in [-0.4, -0.2) is 44.4 Å². The molecular formula is C23H28N4OS. The van der Waals surface area contributed by atoms with Crippen molar-refractivity contribution in [2.75, 3.05) is 18.8 Å². The molecule has 0 fully saturated rings. The van der Waals surface area contributed by atoms with Gasteiger partial charge in [-0.2, -0.15) is 0 Å². The first-order valence-electron chi connectivity index (χ1n) is 10.1. The zero-order chi connectivity index (χ0) is 20.6. The standard InChI is InChI=1S/C23H28N4OS/c1-4-26(5-2)22(28)17-29-23-25-24-21(15-14-19-11-7-6-8-12-19)27(23)20-13-9-10-18(3)16-20/h6-13,16H,4-5,14-15,17H2,1-3H3. The average molecular weight is 409 g/mol. The van der Waals surface area contributed by atoms with E-state index in [-0.39, 0.29) is 5.91 Å². The van der Waals surface area contributed by atoms with Gasteiger partial charge in [0.1, 0.15) is 5.82 Å². The predicted molar refractivity (Wildman–Crippen MR) is 119 cm³/mol. The van der Waals surface area contributed by atoms with Gasteiger partial charge in [-0.1, -0.05) is 54.2 Å². The third-order valence-electron chi connectivity index (χ3n) is 4.88. The summed E-state index contributed by atoms with van der Waals surface area (Å²) in [7, 11) is 0. The molecule has 1 heterocycles. The number of amides is 1. The van der Waals surface area contributed by atoms with Crippen molar-refractivity contribution in [3.63, 3.8) is 0 Å². The van der Waals surface area contributed by atoms with E-state index < -0.39 is 0 Å². The number of benzene rings is 2. The topological polar surface area (TPSA) is 51.0 Å². The van der Waals surface area contributed by atoms with Gasteiger partial charge in [0.15, 0.2) is 5.16 Å². The highest BCUT2D eigenvalue weighted by Gasteiger charge is 2.17. The monoisotopic (exact) mass is 408 g/mol. The van der Waals surface area contributed by atoms with Gasteiger partial charge in [0.05, 0.1) is 5.75 Å². The Morgan fingerprint density at radius 1 is 1.00 bits per heavy atom. The van der Waals surface area contributed by atoms with E-state index in [2.05, 4.69) is 64.2 Å². The fourth-order valence-corrected chi connectivity index (χ4v) is 4.15. The predicted octanol–water partition coefficient (Wildman–Crippen LogP) is 4.32. The smallest absolute Gasteiger partial charge is 0.233 e. The maximum absolute atomic E-state index is 12.4. The minimum Gasteiger partial charge on any atom is -0.343 e. The fraction of sp³-hybridized carbons (Fsp3) is 0.348. The summed E-state index contributed by atoms with van der Waals surface area (Å²) in [6.45, 7) is 7.53. The minimum absolute atomic E-state index is 0.129. The highest BCUT2D eigenvalue weighted by molar-refractivity contribution is 7.99. The van der Waals surface area contributed by atoms with Crippen molar-refractivity contribution >= 4 is 17.7 Å². The molecule has 0 aliphatic rings. The van der Waals surface area contributed by atoms with Gasteiger partial charge >= 0.3 is 0 Å². The van der Waals surface area contributed by atoms with E-state index in [4.69, 9.17) is 0 Å². The number of hydrogen-bond donors (Lipinski definition) is 0. The molecule has 152 valence electrons. The normalized spacial score (nSPS) is 10.9. The van der Waals surface area contributed by atoms with E-state index in [1.54, 1.807) is 0 Å². The Balaban J connectivity index is 1.84. The lowest BCUT2D eigenvalue weighted by Crippen LogP contribution is -2.31. The van der Waals surface area contributed by atoms with Gasteiger partial charge in [0, 0.05) is 25.2 Å². The number of aromatic nitrogens is 3. The van der Waals surface area contributed by atoms with E-state index in [0.717, 1.165) is 42.6 Å². The molecule has 3 rings (SSSR count). The van der Waals surface area contributed by atoms with Crippen LogP contribution in [0.5, 0.6) is 0 Å². The molecular weight excluding hydrogens is 380 g/mol. The van der Waals surface area contributed by atoms with Crippen molar-refractivity contribution in [3.8, 4) is 5.69 Å². The number of aryl methyl sites for hydroxylation is 3. The first kappa shape index (κ1) is 21.1. The molecule has 6 heteroatoms. The summed E-state index contributed by atoms with van der Waals surface area (Å²) in [5, 5.41) is 9.65. The molecule has 0 unspecified atom stereocenters. The largest absolute Gasteiger partial charge is 0.343 e. The van der Waals surface area contributed by atoms with E-state index in [0.29, 0.717) is 5.75 Å². The Kier molecular flexibility index (Phi) is 7.47. The van der Waals surface area contributed by atoms with Crippen LogP contribution >= 0.6 is 11.8 Å². The van der Waals surface area contributed by atoms with Crippen molar-refractivity contribution < 1.29 is 4.79 Å². The van der Waals surface area contributed by atoms with Crippen molar-refractivity contribution in [2.45, 2.75) is 38.8 Å². The van der Waals surface area contributed by atoms with Gasteiger partial charge in [0.2, 0.25) is 5.91 Å². The first-order chi connectivity index (χ1) is 14.1. The lowest BCUT2D eigenvalue weighted by atomic mass is 10.1. The van der Waals surface area contributed by atoms with Gasteiger partial charge in [-0.05, 0) is 50.5 Å². The Morgan fingerprint density at radius 2 is 1.76 bits per heavy atom. The van der Waals surface area contributed by atoms with Gasteiger partial charge in [0.25, 0.3) is 0 Å².